The summed E-state index contributed by atoms with van der Waals surface area (Å²) >= 11 is 7.45. The zero-order valence-corrected chi connectivity index (χ0v) is 13.2. The van der Waals surface area contributed by atoms with Crippen molar-refractivity contribution in [1.29, 1.82) is 0 Å². The van der Waals surface area contributed by atoms with Crippen molar-refractivity contribution in [3.05, 3.63) is 50.4 Å². The Morgan fingerprint density at radius 2 is 2.10 bits per heavy atom. The van der Waals surface area contributed by atoms with E-state index in [9.17, 15) is 9.50 Å². The Morgan fingerprint density at radius 1 is 1.40 bits per heavy atom. The maximum atomic E-state index is 13.7. The van der Waals surface area contributed by atoms with E-state index in [1.165, 1.54) is 17.4 Å². The van der Waals surface area contributed by atoms with E-state index in [2.05, 4.69) is 0 Å². The van der Waals surface area contributed by atoms with Gasteiger partial charge in [0, 0.05) is 23.2 Å². The van der Waals surface area contributed by atoms with E-state index < -0.39 is 6.10 Å². The molecule has 108 valence electrons. The number of hydrogen-bond donors (Lipinski definition) is 1. The fourth-order valence-electron chi connectivity index (χ4n) is 2.10. The molecule has 1 aromatic heterocycles. The molecule has 0 saturated carbocycles. The first-order chi connectivity index (χ1) is 9.38. The second-order valence-corrected chi connectivity index (χ2v) is 6.70. The molecule has 2 nitrogen and oxygen atoms in total. The van der Waals surface area contributed by atoms with E-state index in [1.54, 1.807) is 19.9 Å². The number of hydrogen-bond acceptors (Lipinski definition) is 3. The topological polar surface area (TPSA) is 23.5 Å². The number of aliphatic hydroxyl groups is 1. The monoisotopic (exact) mass is 313 g/mol. The van der Waals surface area contributed by atoms with Crippen LogP contribution < -0.4 is 4.90 Å². The highest BCUT2D eigenvalue weighted by Crippen LogP contribution is 2.31. The lowest BCUT2D eigenvalue weighted by Gasteiger charge is -2.24. The Bertz CT molecular complexity index is 612. The van der Waals surface area contributed by atoms with Crippen molar-refractivity contribution in [2.45, 2.75) is 26.5 Å². The largest absolute Gasteiger partial charge is 0.389 e. The molecule has 0 bridgehead atoms. The number of benzene rings is 1. The summed E-state index contributed by atoms with van der Waals surface area (Å²) in [7, 11) is 1.92. The lowest BCUT2D eigenvalue weighted by molar-refractivity contribution is 0.199. The zero-order valence-electron chi connectivity index (χ0n) is 11.7. The Balaban J connectivity index is 2.33. The van der Waals surface area contributed by atoms with E-state index >= 15 is 0 Å². The van der Waals surface area contributed by atoms with Crippen LogP contribution >= 0.6 is 22.9 Å². The van der Waals surface area contributed by atoms with Crippen LogP contribution in [0, 0.1) is 12.7 Å². The van der Waals surface area contributed by atoms with Crippen molar-refractivity contribution >= 4 is 28.6 Å². The summed E-state index contributed by atoms with van der Waals surface area (Å²) in [6, 6.07) is 7.02. The molecule has 1 aromatic carbocycles. The van der Waals surface area contributed by atoms with Crippen LogP contribution in [0.25, 0.3) is 0 Å². The highest BCUT2D eigenvalue weighted by Gasteiger charge is 2.15. The molecule has 0 radical (unpaired) electrons. The third kappa shape index (κ3) is 3.32. The minimum Gasteiger partial charge on any atom is -0.389 e. The van der Waals surface area contributed by atoms with Gasteiger partial charge in [-0.1, -0.05) is 11.6 Å². The lowest BCUT2D eigenvalue weighted by Crippen LogP contribution is -2.18. The summed E-state index contributed by atoms with van der Waals surface area (Å²) in [5, 5.41) is 9.83. The number of rotatable bonds is 4. The molecule has 0 amide bonds. The minimum atomic E-state index is -0.713. The predicted octanol–water partition coefficient (Wildman–Crippen LogP) is 4.54. The van der Waals surface area contributed by atoms with Gasteiger partial charge in [-0.05, 0) is 43.7 Å². The van der Waals surface area contributed by atoms with Gasteiger partial charge in [0.2, 0.25) is 0 Å². The molecule has 20 heavy (non-hydrogen) atoms. The van der Waals surface area contributed by atoms with Crippen LogP contribution in [0.3, 0.4) is 0 Å². The molecule has 0 unspecified atom stereocenters. The van der Waals surface area contributed by atoms with Crippen LogP contribution in [-0.4, -0.2) is 12.2 Å². The van der Waals surface area contributed by atoms with E-state index in [0.717, 1.165) is 14.9 Å². The first kappa shape index (κ1) is 15.3. The third-order valence-corrected chi connectivity index (χ3v) is 4.41. The molecule has 0 aliphatic heterocycles. The molecule has 1 N–H and O–H groups in total. The van der Waals surface area contributed by atoms with Crippen molar-refractivity contribution in [2.75, 3.05) is 11.9 Å². The third-order valence-electron chi connectivity index (χ3n) is 3.19. The second-order valence-electron chi connectivity index (χ2n) is 4.90. The lowest BCUT2D eigenvalue weighted by atomic mass is 10.0. The average Bonchev–Trinajstić information content (AvgIpc) is 2.77. The van der Waals surface area contributed by atoms with Gasteiger partial charge in [-0.25, -0.2) is 4.39 Å². The summed E-state index contributed by atoms with van der Waals surface area (Å²) in [6.45, 7) is 4.03. The van der Waals surface area contributed by atoms with Crippen LogP contribution in [0.2, 0.25) is 4.34 Å². The number of anilines is 1. The molecule has 2 rings (SSSR count). The van der Waals surface area contributed by atoms with Crippen molar-refractivity contribution in [3.63, 3.8) is 0 Å². The van der Waals surface area contributed by atoms with Gasteiger partial charge in [-0.2, -0.15) is 0 Å². The molecule has 0 aliphatic carbocycles. The summed E-state index contributed by atoms with van der Waals surface area (Å²) in [5.74, 6) is -0.294. The quantitative estimate of drug-likeness (QED) is 0.896. The summed E-state index contributed by atoms with van der Waals surface area (Å²) < 4.78 is 14.4. The highest BCUT2D eigenvalue weighted by molar-refractivity contribution is 7.16. The number of nitrogens with zero attached hydrogens (tertiary/aromatic N) is 1. The Labute approximate surface area is 127 Å². The zero-order chi connectivity index (χ0) is 14.9. The smallest absolute Gasteiger partial charge is 0.126 e. The van der Waals surface area contributed by atoms with Crippen LogP contribution in [0.15, 0.2) is 24.3 Å². The van der Waals surface area contributed by atoms with Gasteiger partial charge in [-0.15, -0.1) is 11.3 Å². The van der Waals surface area contributed by atoms with Gasteiger partial charge in [-0.3, -0.25) is 0 Å². The Morgan fingerprint density at radius 3 is 2.65 bits per heavy atom. The van der Waals surface area contributed by atoms with Crippen molar-refractivity contribution in [2.24, 2.45) is 0 Å². The number of aliphatic hydroxyl groups excluding tert-OH is 1. The molecule has 0 fully saturated rings. The van der Waals surface area contributed by atoms with Gasteiger partial charge in [0.15, 0.2) is 0 Å². The van der Waals surface area contributed by atoms with E-state index in [-0.39, 0.29) is 5.82 Å². The van der Waals surface area contributed by atoms with E-state index in [4.69, 9.17) is 11.6 Å². The fourth-order valence-corrected chi connectivity index (χ4v) is 3.24. The molecular formula is C15H17ClFNOS. The summed E-state index contributed by atoms with van der Waals surface area (Å²) in [6.07, 6.45) is -0.713. The van der Waals surface area contributed by atoms with Crippen LogP contribution in [0.1, 0.15) is 29.0 Å². The molecule has 1 heterocycles. The maximum Gasteiger partial charge on any atom is 0.126 e. The minimum absolute atomic E-state index is 0.294. The normalized spacial score (nSPS) is 12.5. The summed E-state index contributed by atoms with van der Waals surface area (Å²) in [5.41, 5.74) is 2.00. The Hall–Kier alpha value is -1.10. The highest BCUT2D eigenvalue weighted by atomic mass is 35.5. The van der Waals surface area contributed by atoms with Crippen LogP contribution in [-0.2, 0) is 6.54 Å². The molecular weight excluding hydrogens is 297 g/mol. The second kappa shape index (κ2) is 6.12. The van der Waals surface area contributed by atoms with Crippen molar-refractivity contribution in [3.8, 4) is 0 Å². The first-order valence-electron chi connectivity index (χ1n) is 6.32. The first-order valence-corrected chi connectivity index (χ1v) is 7.51. The molecule has 0 spiro atoms. The van der Waals surface area contributed by atoms with Gasteiger partial charge < -0.3 is 10.0 Å². The molecule has 2 aromatic rings. The van der Waals surface area contributed by atoms with Gasteiger partial charge in [0.05, 0.1) is 17.0 Å². The van der Waals surface area contributed by atoms with Gasteiger partial charge >= 0.3 is 0 Å². The molecule has 0 saturated heterocycles. The van der Waals surface area contributed by atoms with Crippen molar-refractivity contribution in [1.82, 2.24) is 0 Å². The van der Waals surface area contributed by atoms with Crippen LogP contribution in [0.4, 0.5) is 10.1 Å². The molecule has 0 aliphatic rings. The van der Waals surface area contributed by atoms with E-state index in [1.807, 2.05) is 24.1 Å². The van der Waals surface area contributed by atoms with E-state index in [0.29, 0.717) is 17.7 Å². The molecule has 5 heteroatoms. The maximum absolute atomic E-state index is 13.7. The number of thiophene rings is 1. The summed E-state index contributed by atoms with van der Waals surface area (Å²) in [4.78, 5) is 3.12. The van der Waals surface area contributed by atoms with Gasteiger partial charge in [0.25, 0.3) is 0 Å². The van der Waals surface area contributed by atoms with Crippen LogP contribution in [0.5, 0.6) is 0 Å². The standard InChI is InChI=1S/C15H17ClFNOS/c1-9-6-14(12(10(2)19)7-13(9)17)18(3)8-11-4-5-15(16)20-11/h4-7,10,19H,8H2,1-3H3/t10-/m1/s1. The number of aryl methyl sites for hydroxylation is 1. The number of halogens is 2. The Kier molecular flexibility index (Phi) is 4.68. The van der Waals surface area contributed by atoms with Gasteiger partial charge in [0.1, 0.15) is 5.82 Å². The predicted molar refractivity (Wildman–Crippen MR) is 83.2 cm³/mol. The van der Waals surface area contributed by atoms with Crippen molar-refractivity contribution < 1.29 is 9.50 Å². The molecule has 1 atom stereocenters. The fraction of sp³-hybridized carbons (Fsp3) is 0.333. The average molecular weight is 314 g/mol. The SMILES string of the molecule is Cc1cc(N(C)Cc2ccc(Cl)s2)c([C@@H](C)O)cc1F.